The number of nitrogens with zero attached hydrogens (tertiary/aromatic N) is 4. The second-order valence-electron chi connectivity index (χ2n) is 5.26. The van der Waals surface area contributed by atoms with Gasteiger partial charge in [0.1, 0.15) is 0 Å². The number of hydrogen-bond donors (Lipinski definition) is 2. The van der Waals surface area contributed by atoms with Gasteiger partial charge in [-0.05, 0) is 31.4 Å². The van der Waals surface area contributed by atoms with Crippen molar-refractivity contribution < 1.29 is 42.9 Å². The van der Waals surface area contributed by atoms with Gasteiger partial charge in [-0.15, -0.1) is 0 Å². The van der Waals surface area contributed by atoms with Gasteiger partial charge < -0.3 is 24.7 Å². The number of rotatable bonds is 2. The quantitative estimate of drug-likeness (QED) is 0.773. The third kappa shape index (κ3) is 2.54. The topological polar surface area (TPSA) is 84.1 Å². The monoisotopic (exact) mass is 350 g/mol. The molecule has 2 aromatic rings. The van der Waals surface area contributed by atoms with Gasteiger partial charge >= 0.3 is 0 Å². The molecule has 7 heteroatoms. The Morgan fingerprint density at radius 3 is 2.70 bits per heavy atom. The Hall–Kier alpha value is -0.426. The zero-order chi connectivity index (χ0) is 13.6. The van der Waals surface area contributed by atoms with Crippen LogP contribution in [-0.4, -0.2) is 42.4 Å². The normalized spacial score (nSPS) is 25.9. The van der Waals surface area contributed by atoms with Crippen LogP contribution in [0.25, 0.3) is 11.2 Å². The van der Waals surface area contributed by atoms with E-state index in [0.717, 1.165) is 23.5 Å². The van der Waals surface area contributed by atoms with E-state index in [9.17, 15) is 10.2 Å². The summed E-state index contributed by atoms with van der Waals surface area (Å²) in [7, 11) is 0. The smallest absolute Gasteiger partial charge is 0.0942 e. The minimum absolute atomic E-state index is 0. The zero-order valence-corrected chi connectivity index (χ0v) is 14.5. The molecule has 3 atom stereocenters. The van der Waals surface area contributed by atoms with Crippen LogP contribution in [-0.2, 0) is 32.7 Å². The third-order valence-corrected chi connectivity index (χ3v) is 3.96. The molecule has 3 rings (SSSR count). The predicted molar refractivity (Wildman–Crippen MR) is 68.5 cm³/mol. The van der Waals surface area contributed by atoms with Crippen LogP contribution in [0.1, 0.15) is 30.4 Å². The Labute approximate surface area is 142 Å². The van der Waals surface area contributed by atoms with Crippen LogP contribution in [0, 0.1) is 26.1 Å². The van der Waals surface area contributed by atoms with Gasteiger partial charge in [0, 0.05) is 56.8 Å². The van der Waals surface area contributed by atoms with Gasteiger partial charge in [0.05, 0.1) is 18.0 Å². The summed E-state index contributed by atoms with van der Waals surface area (Å²) in [4.78, 5) is 12.7. The maximum Gasteiger partial charge on any atom is 0.0942 e. The third-order valence-electron chi connectivity index (χ3n) is 3.96. The SMILES string of the molecule is Cc1n[c-]nc2c1nc(C)n2[C@@H]1C[C@H](CO)CC1O.[Y]. The molecular weight excluding hydrogens is 333 g/mol. The molecule has 0 amide bonds. The van der Waals surface area contributed by atoms with Crippen molar-refractivity contribution in [1.82, 2.24) is 19.5 Å². The summed E-state index contributed by atoms with van der Waals surface area (Å²) in [5, 5.41) is 19.5. The van der Waals surface area contributed by atoms with Crippen molar-refractivity contribution in [2.45, 2.75) is 38.8 Å². The molecule has 1 aliphatic carbocycles. The largest absolute Gasteiger partial charge is 0.396 e. The summed E-state index contributed by atoms with van der Waals surface area (Å²) in [5.74, 6) is 0.957. The van der Waals surface area contributed by atoms with E-state index in [1.54, 1.807) is 0 Å². The van der Waals surface area contributed by atoms with E-state index in [2.05, 4.69) is 21.3 Å². The van der Waals surface area contributed by atoms with Gasteiger partial charge in [0.25, 0.3) is 0 Å². The summed E-state index contributed by atoms with van der Waals surface area (Å²) in [6.45, 7) is 3.89. The number of aromatic nitrogens is 4. The standard InChI is InChI=1S/C13H17N4O2.Y/c1-7-12-13(15-6-14-7)17(8(2)16-12)10-3-9(5-18)4-11(10)19;/h9-11,18-19H,3-5H2,1-2H3;/q-1;/t9-,10+,11?;/m0./s1. The average Bonchev–Trinajstić information content (AvgIpc) is 2.90. The molecule has 1 unspecified atom stereocenters. The molecule has 6 nitrogen and oxygen atoms in total. The molecule has 2 aromatic heterocycles. The molecule has 105 valence electrons. The predicted octanol–water partition coefficient (Wildman–Crippen LogP) is 0.545. The fraction of sp³-hybridized carbons (Fsp3) is 0.615. The molecule has 2 N–H and O–H groups in total. The van der Waals surface area contributed by atoms with Crippen LogP contribution in [0.2, 0.25) is 0 Å². The Kier molecular flexibility index (Phi) is 4.90. The van der Waals surface area contributed by atoms with Crippen molar-refractivity contribution in [1.29, 1.82) is 0 Å². The van der Waals surface area contributed by atoms with Gasteiger partial charge in [0.15, 0.2) is 0 Å². The van der Waals surface area contributed by atoms with Gasteiger partial charge in [-0.25, -0.2) is 0 Å². The Balaban J connectivity index is 0.00000147. The van der Waals surface area contributed by atoms with E-state index in [0.29, 0.717) is 12.1 Å². The Morgan fingerprint density at radius 2 is 2.05 bits per heavy atom. The first kappa shape index (κ1) is 16.0. The van der Waals surface area contributed by atoms with Gasteiger partial charge in [-0.1, -0.05) is 6.92 Å². The van der Waals surface area contributed by atoms with Crippen LogP contribution >= 0.6 is 0 Å². The maximum atomic E-state index is 10.2. The number of aliphatic hydroxyl groups excluding tert-OH is 2. The summed E-state index contributed by atoms with van der Waals surface area (Å²) in [5.41, 5.74) is 2.27. The number of fused-ring (bicyclic) bond motifs is 1. The molecule has 2 heterocycles. The molecule has 1 radical (unpaired) electrons. The van der Waals surface area contributed by atoms with Crippen molar-refractivity contribution in [3.8, 4) is 0 Å². The van der Waals surface area contributed by atoms with Crippen LogP contribution in [0.3, 0.4) is 0 Å². The van der Waals surface area contributed by atoms with E-state index in [1.165, 1.54) is 0 Å². The summed E-state index contributed by atoms with van der Waals surface area (Å²) in [6, 6.07) is -0.0788. The molecule has 1 aliphatic rings. The Bertz CT molecular complexity index is 616. The van der Waals surface area contributed by atoms with Crippen LogP contribution in [0.4, 0.5) is 0 Å². The first-order valence-corrected chi connectivity index (χ1v) is 6.50. The summed E-state index contributed by atoms with van der Waals surface area (Å²) >= 11 is 0. The second-order valence-corrected chi connectivity index (χ2v) is 5.26. The molecule has 1 fully saturated rings. The number of imidazole rings is 1. The van der Waals surface area contributed by atoms with E-state index in [4.69, 9.17) is 0 Å². The van der Waals surface area contributed by atoms with Crippen molar-refractivity contribution >= 4 is 11.2 Å². The van der Waals surface area contributed by atoms with Crippen LogP contribution in [0.15, 0.2) is 0 Å². The van der Waals surface area contributed by atoms with Crippen LogP contribution in [0.5, 0.6) is 0 Å². The van der Waals surface area contributed by atoms with E-state index in [1.807, 2.05) is 18.4 Å². The fourth-order valence-electron chi connectivity index (χ4n) is 3.00. The fourth-order valence-corrected chi connectivity index (χ4v) is 3.00. The minimum Gasteiger partial charge on any atom is -0.396 e. The Morgan fingerprint density at radius 1 is 1.30 bits per heavy atom. The van der Waals surface area contributed by atoms with Gasteiger partial charge in [-0.2, -0.15) is 0 Å². The molecule has 0 bridgehead atoms. The first-order valence-electron chi connectivity index (χ1n) is 6.50. The first-order chi connectivity index (χ1) is 9.11. The molecule has 20 heavy (non-hydrogen) atoms. The van der Waals surface area contributed by atoms with E-state index < -0.39 is 6.10 Å². The van der Waals surface area contributed by atoms with Crippen molar-refractivity contribution in [3.05, 3.63) is 17.8 Å². The summed E-state index contributed by atoms with van der Waals surface area (Å²) < 4.78 is 1.96. The second kappa shape index (κ2) is 6.14. The van der Waals surface area contributed by atoms with Crippen molar-refractivity contribution in [2.24, 2.45) is 5.92 Å². The molecule has 1 saturated carbocycles. The van der Waals surface area contributed by atoms with E-state index >= 15 is 0 Å². The molecule has 0 spiro atoms. The average molecular weight is 350 g/mol. The molecule has 0 aromatic carbocycles. The van der Waals surface area contributed by atoms with Crippen molar-refractivity contribution in [3.63, 3.8) is 0 Å². The van der Waals surface area contributed by atoms with E-state index in [-0.39, 0.29) is 51.3 Å². The van der Waals surface area contributed by atoms with Crippen molar-refractivity contribution in [2.75, 3.05) is 6.61 Å². The maximum absolute atomic E-state index is 10.2. The zero-order valence-electron chi connectivity index (χ0n) is 11.6. The number of hydrogen-bond acceptors (Lipinski definition) is 5. The molecule has 0 saturated heterocycles. The minimum atomic E-state index is -0.469. The van der Waals surface area contributed by atoms with Crippen LogP contribution < -0.4 is 0 Å². The number of aliphatic hydroxyl groups is 2. The van der Waals surface area contributed by atoms with Gasteiger partial charge in [-0.3, -0.25) is 4.98 Å². The van der Waals surface area contributed by atoms with Gasteiger partial charge in [0.2, 0.25) is 0 Å². The summed E-state index contributed by atoms with van der Waals surface area (Å²) in [6.07, 6.45) is 3.52. The molecule has 0 aliphatic heterocycles. The number of aryl methyl sites for hydroxylation is 2. The molecular formula is C13H17N4O2Y-.